The summed E-state index contributed by atoms with van der Waals surface area (Å²) in [7, 11) is -5.05. The first-order valence-corrected chi connectivity index (χ1v) is 39.7. The molecule has 456 valence electrons. The highest BCUT2D eigenvalue weighted by atomic mass is 28.4. The minimum absolute atomic E-state index is 0.00966. The number of methoxy groups -OCH3 is 1. The molecule has 1 aliphatic rings. The van der Waals surface area contributed by atoms with Gasteiger partial charge in [0.15, 0.2) is 31.2 Å². The zero-order valence-electron chi connectivity index (χ0n) is 54.9. The Kier molecular flexibility index (Phi) is 25.1. The van der Waals surface area contributed by atoms with Crippen LogP contribution in [0, 0.1) is 29.6 Å². The molecule has 11 atom stereocenters. The number of hydrogen-bond donors (Lipinski definition) is 1. The Hall–Kier alpha value is -3.47. The van der Waals surface area contributed by atoms with Crippen molar-refractivity contribution in [3.05, 3.63) is 162 Å². The fourth-order valence-corrected chi connectivity index (χ4v) is 14.8. The minimum atomic E-state index is -2.27. The second-order valence-electron chi connectivity index (χ2n) is 28.7. The molecule has 0 radical (unpaired) electrons. The third kappa shape index (κ3) is 18.5. The van der Waals surface area contributed by atoms with Gasteiger partial charge in [-0.15, -0.1) is 0 Å². The quantitative estimate of drug-likeness (QED) is 0.0249. The van der Waals surface area contributed by atoms with Crippen LogP contribution in [0.15, 0.2) is 140 Å². The van der Waals surface area contributed by atoms with Gasteiger partial charge in [0.25, 0.3) is 0 Å². The standard InChI is InChI=1S/C71H112O8Si3/c1-52(35-33-49-75-71(58-36-25-22-26-37-58,59-38-27-23-28-39-59)60-40-29-24-30-41-60)64(78-81(18,19)69(9,10)11)50-62(77-80(16,17)68(6,7)8)46-43-54(3)65(79-82(20,21)70(12,13)14)53(2)34-31-32-42-63(72)56(5)66-55(4)51-74-67(76-66)57-44-47-61(73-15)48-45-57/h22-30,33,35-41,43-48,52-56,62-67,72H,31-32,34,42,49-51H2,1-21H3/t52-,53+,54+,55+,56+,62-,63-,64+,65-,66+,67?/m1/s1. The fraction of sp³-hybridized carbons (Fsp3) is 0.606. The summed E-state index contributed by atoms with van der Waals surface area (Å²) in [6.45, 7) is 47.6. The van der Waals surface area contributed by atoms with E-state index in [1.54, 1.807) is 7.11 Å². The summed E-state index contributed by atoms with van der Waals surface area (Å²) < 4.78 is 47.9. The summed E-state index contributed by atoms with van der Waals surface area (Å²) in [5.41, 5.74) is 3.40. The summed E-state index contributed by atoms with van der Waals surface area (Å²) >= 11 is 0. The molecule has 0 aliphatic carbocycles. The number of ether oxygens (including phenoxy) is 4. The molecule has 4 aromatic carbocycles. The van der Waals surface area contributed by atoms with Crippen LogP contribution < -0.4 is 4.74 Å². The topological polar surface area (TPSA) is 84.8 Å². The maximum atomic E-state index is 11.7. The predicted octanol–water partition coefficient (Wildman–Crippen LogP) is 18.9. The molecule has 0 bridgehead atoms. The molecule has 0 spiro atoms. The van der Waals surface area contributed by atoms with Gasteiger partial charge in [0.05, 0.1) is 50.8 Å². The molecule has 1 heterocycles. The molecule has 1 unspecified atom stereocenters. The molecule has 5 rings (SSSR count). The van der Waals surface area contributed by atoms with E-state index in [1.165, 1.54) is 0 Å². The Labute approximate surface area is 502 Å². The third-order valence-electron chi connectivity index (χ3n) is 19.2. The van der Waals surface area contributed by atoms with Crippen LogP contribution >= 0.6 is 0 Å². The van der Waals surface area contributed by atoms with E-state index >= 15 is 0 Å². The number of aliphatic hydroxyl groups is 1. The summed E-state index contributed by atoms with van der Waals surface area (Å²) in [6.07, 6.45) is 12.4. The first kappa shape index (κ1) is 69.3. The van der Waals surface area contributed by atoms with Crippen LogP contribution in [0.5, 0.6) is 5.75 Å². The van der Waals surface area contributed by atoms with E-state index in [4.69, 9.17) is 32.2 Å². The van der Waals surface area contributed by atoms with Crippen LogP contribution in [-0.4, -0.2) is 80.9 Å². The summed E-state index contributed by atoms with van der Waals surface area (Å²) in [5, 5.41) is 11.8. The van der Waals surface area contributed by atoms with Crippen molar-refractivity contribution in [3.8, 4) is 5.75 Å². The maximum Gasteiger partial charge on any atom is 0.192 e. The van der Waals surface area contributed by atoms with Crippen LogP contribution in [0.1, 0.15) is 158 Å². The van der Waals surface area contributed by atoms with Crippen LogP contribution in [0.2, 0.25) is 54.4 Å². The van der Waals surface area contributed by atoms with E-state index in [1.807, 2.05) is 24.3 Å². The van der Waals surface area contributed by atoms with Gasteiger partial charge in [0.1, 0.15) is 11.4 Å². The van der Waals surface area contributed by atoms with Crippen LogP contribution in [-0.2, 0) is 33.1 Å². The number of unbranched alkanes of at least 4 members (excludes halogenated alkanes) is 1. The molecule has 1 N–H and O–H groups in total. The molecule has 0 amide bonds. The lowest BCUT2D eigenvalue weighted by molar-refractivity contribution is -0.256. The molecule has 0 saturated carbocycles. The molecular weight excluding hydrogens is 1070 g/mol. The van der Waals surface area contributed by atoms with E-state index in [9.17, 15) is 5.11 Å². The lowest BCUT2D eigenvalue weighted by Crippen LogP contribution is -2.48. The van der Waals surface area contributed by atoms with Gasteiger partial charge in [-0.25, -0.2) is 0 Å². The SMILES string of the molecule is COc1ccc(C2OC[C@H](C)[C@@H]([C@@H](C)[C@H](O)CCCC[C@H](C)[C@@H](O[Si](C)(C)C(C)(C)C)[C@@H](C)C=C[C@H](C[C@H](O[Si](C)(C)C(C)(C)C)[C@H](C)C=CCOC(c3ccccc3)(c3ccccc3)c3ccccc3)O[Si](C)(C)C(C)(C)C)O2)cc1. The zero-order chi connectivity index (χ0) is 60.9. The second-order valence-corrected chi connectivity index (χ2v) is 43.0. The first-order valence-electron chi connectivity index (χ1n) is 31.0. The second kappa shape index (κ2) is 29.8. The molecule has 0 aromatic heterocycles. The van der Waals surface area contributed by atoms with Crippen molar-refractivity contribution in [1.82, 2.24) is 0 Å². The largest absolute Gasteiger partial charge is 0.497 e. The maximum absolute atomic E-state index is 11.7. The monoisotopic (exact) mass is 1180 g/mol. The van der Waals surface area contributed by atoms with Gasteiger partial charge in [-0.1, -0.05) is 237 Å². The molecule has 11 heteroatoms. The van der Waals surface area contributed by atoms with Crippen LogP contribution in [0.4, 0.5) is 0 Å². The number of rotatable bonds is 29. The van der Waals surface area contributed by atoms with Crippen molar-refractivity contribution in [2.75, 3.05) is 20.3 Å². The Bertz CT molecular complexity index is 2430. The van der Waals surface area contributed by atoms with E-state index in [-0.39, 0.29) is 63.2 Å². The molecule has 82 heavy (non-hydrogen) atoms. The summed E-state index contributed by atoms with van der Waals surface area (Å²) in [5.74, 6) is 1.41. The number of aliphatic hydroxyl groups excluding tert-OH is 1. The van der Waals surface area contributed by atoms with E-state index in [0.717, 1.165) is 60.1 Å². The zero-order valence-corrected chi connectivity index (χ0v) is 57.9. The average Bonchev–Trinajstić information content (AvgIpc) is 3.58. The highest BCUT2D eigenvalue weighted by molar-refractivity contribution is 6.75. The number of hydrogen-bond acceptors (Lipinski definition) is 8. The van der Waals surface area contributed by atoms with Crippen molar-refractivity contribution in [1.29, 1.82) is 0 Å². The third-order valence-corrected chi connectivity index (χ3v) is 32.6. The van der Waals surface area contributed by atoms with Gasteiger partial charge >= 0.3 is 0 Å². The van der Waals surface area contributed by atoms with Crippen LogP contribution in [0.3, 0.4) is 0 Å². The van der Waals surface area contributed by atoms with Crippen molar-refractivity contribution in [2.24, 2.45) is 29.6 Å². The molecule has 1 fully saturated rings. The molecule has 1 aliphatic heterocycles. The first-order chi connectivity index (χ1) is 38.2. The molecule has 1 saturated heterocycles. The summed E-state index contributed by atoms with van der Waals surface area (Å²) in [6, 6.07) is 39.7. The Morgan fingerprint density at radius 1 is 0.598 bits per heavy atom. The lowest BCUT2D eigenvalue weighted by Gasteiger charge is -2.43. The highest BCUT2D eigenvalue weighted by Gasteiger charge is 2.45. The van der Waals surface area contributed by atoms with Crippen molar-refractivity contribution >= 4 is 25.0 Å². The molecule has 8 nitrogen and oxygen atoms in total. The number of benzene rings is 4. The molecular formula is C71H112O8Si3. The van der Waals surface area contributed by atoms with Gasteiger partial charge in [0, 0.05) is 23.8 Å². The minimum Gasteiger partial charge on any atom is -0.497 e. The van der Waals surface area contributed by atoms with Gasteiger partial charge in [0.2, 0.25) is 0 Å². The normalized spacial score (nSPS) is 20.3. The Morgan fingerprint density at radius 2 is 1.07 bits per heavy atom. The lowest BCUT2D eigenvalue weighted by atomic mass is 9.80. The Morgan fingerprint density at radius 3 is 1.56 bits per heavy atom. The summed E-state index contributed by atoms with van der Waals surface area (Å²) in [4.78, 5) is 0. The smallest absolute Gasteiger partial charge is 0.192 e. The van der Waals surface area contributed by atoms with Gasteiger partial charge in [-0.2, -0.15) is 0 Å². The van der Waals surface area contributed by atoms with Gasteiger partial charge < -0.3 is 37.3 Å². The Balaban J connectivity index is 1.39. The predicted molar refractivity (Wildman–Crippen MR) is 351 cm³/mol. The van der Waals surface area contributed by atoms with E-state index in [2.05, 4.69) is 252 Å². The van der Waals surface area contributed by atoms with Gasteiger partial charge in [-0.05, 0) is 114 Å². The average molecular weight is 1180 g/mol. The van der Waals surface area contributed by atoms with Crippen molar-refractivity contribution in [3.63, 3.8) is 0 Å². The van der Waals surface area contributed by atoms with E-state index in [0.29, 0.717) is 19.1 Å². The van der Waals surface area contributed by atoms with E-state index < -0.39 is 42.9 Å². The van der Waals surface area contributed by atoms with Crippen LogP contribution in [0.25, 0.3) is 0 Å². The van der Waals surface area contributed by atoms with Gasteiger partial charge in [-0.3, -0.25) is 0 Å². The molecule has 4 aromatic rings. The van der Waals surface area contributed by atoms with Crippen molar-refractivity contribution in [2.45, 2.75) is 226 Å². The van der Waals surface area contributed by atoms with Crippen molar-refractivity contribution < 1.29 is 37.3 Å². The highest BCUT2D eigenvalue weighted by Crippen LogP contribution is 2.45. The fourth-order valence-electron chi connectivity index (χ4n) is 10.6.